The summed E-state index contributed by atoms with van der Waals surface area (Å²) in [5, 5.41) is 2.88. The normalized spacial score (nSPS) is 16.1. The SMILES string of the molecule is C[S+]([O-])N=C=C=NC=C=C=NC(=O)[C@@H](Cc1cc(C(F)(F)F)cc(C(F)(F)F)c1)OC(=O)N1CCC(N2CCc3ccccc3NC2=O)CC1. The van der Waals surface area contributed by atoms with Crippen LogP contribution in [0.2, 0.25) is 0 Å². The fraction of sp³-hybridized carbons (Fsp3) is 0.375. The van der Waals surface area contributed by atoms with Crippen molar-refractivity contribution >= 4 is 52.7 Å². The Morgan fingerprint density at radius 1 is 1.04 bits per heavy atom. The van der Waals surface area contributed by atoms with Gasteiger partial charge in [0.05, 0.1) is 23.2 Å². The molecule has 2 heterocycles. The number of nitrogens with one attached hydrogen (secondary N) is 1. The van der Waals surface area contributed by atoms with E-state index in [1.54, 1.807) is 17.0 Å². The smallest absolute Gasteiger partial charge is 0.416 e. The van der Waals surface area contributed by atoms with Crippen LogP contribution in [0, 0.1) is 0 Å². The van der Waals surface area contributed by atoms with E-state index in [4.69, 9.17) is 4.74 Å². The third-order valence-corrected chi connectivity index (χ3v) is 7.89. The Morgan fingerprint density at radius 2 is 1.70 bits per heavy atom. The van der Waals surface area contributed by atoms with Gasteiger partial charge >= 0.3 is 24.5 Å². The third-order valence-electron chi connectivity index (χ3n) is 7.54. The Kier molecular flexibility index (Phi) is 12.5. The standard InChI is InChI=1S/C32H28F6N6O5S/c1-50(48)41-13-12-39-10-4-11-40-28(45)27(19-21-17-23(31(33,34)35)20-24(18-21)32(36,37)38)49-30(47)43-14-8-25(9-15-43)44-16-7-22-5-2-3-6-26(22)42-29(44)46/h2-3,5-6,10,17-18,20,25,27H,7-9,14-16,19H2,1H3,(H,42,46)/t27-,50?/m1/s1. The number of amides is 4. The van der Waals surface area contributed by atoms with Crippen LogP contribution in [0.25, 0.3) is 0 Å². The molecule has 1 saturated heterocycles. The average molecular weight is 723 g/mol. The number of piperidine rings is 1. The summed E-state index contributed by atoms with van der Waals surface area (Å²) in [7, 11) is 0. The first kappa shape index (κ1) is 37.7. The van der Waals surface area contributed by atoms with E-state index in [0.717, 1.165) is 11.8 Å². The monoisotopic (exact) mass is 722 g/mol. The zero-order chi connectivity index (χ0) is 36.5. The molecule has 4 rings (SSSR count). The first-order valence-corrected chi connectivity index (χ1v) is 16.3. The third kappa shape index (κ3) is 10.7. The summed E-state index contributed by atoms with van der Waals surface area (Å²) in [6.07, 6.45) is -10.8. The predicted octanol–water partition coefficient (Wildman–Crippen LogP) is 5.38. The molecule has 1 N–H and O–H groups in total. The zero-order valence-corrected chi connectivity index (χ0v) is 27.0. The van der Waals surface area contributed by atoms with E-state index in [-0.39, 0.29) is 31.2 Å². The van der Waals surface area contributed by atoms with Crippen molar-refractivity contribution in [2.75, 3.05) is 31.2 Å². The number of anilines is 1. The van der Waals surface area contributed by atoms with Crippen LogP contribution < -0.4 is 5.32 Å². The number of fused-ring (bicyclic) bond motifs is 1. The summed E-state index contributed by atoms with van der Waals surface area (Å²) < 4.78 is 100. The van der Waals surface area contributed by atoms with Crippen molar-refractivity contribution in [3.05, 3.63) is 76.6 Å². The lowest BCUT2D eigenvalue weighted by Crippen LogP contribution is -2.50. The summed E-state index contributed by atoms with van der Waals surface area (Å²) in [5.74, 6) is 5.03. The van der Waals surface area contributed by atoms with Crippen molar-refractivity contribution in [3.63, 3.8) is 0 Å². The molecule has 4 amide bonds. The molecule has 0 radical (unpaired) electrons. The number of hydrogen-bond donors (Lipinski definition) is 1. The summed E-state index contributed by atoms with van der Waals surface area (Å²) in [5.41, 5.74) is 0.0660. The van der Waals surface area contributed by atoms with Gasteiger partial charge < -0.3 is 24.4 Å². The maximum atomic E-state index is 13.5. The largest absolute Gasteiger partial charge is 0.591 e. The van der Waals surface area contributed by atoms with E-state index in [1.165, 1.54) is 11.2 Å². The Morgan fingerprint density at radius 3 is 2.34 bits per heavy atom. The van der Waals surface area contributed by atoms with Gasteiger partial charge in [-0.15, -0.1) is 0 Å². The van der Waals surface area contributed by atoms with Crippen LogP contribution in [0.5, 0.6) is 0 Å². The van der Waals surface area contributed by atoms with Gasteiger partial charge in [0.25, 0.3) is 5.91 Å². The molecule has 1 unspecified atom stereocenters. The molecule has 18 heteroatoms. The minimum atomic E-state index is -5.15. The number of aliphatic imine (C=N–C) groups is 2. The number of urea groups is 1. The fourth-order valence-corrected chi connectivity index (χ4v) is 5.36. The van der Waals surface area contributed by atoms with Gasteiger partial charge in [0, 0.05) is 43.7 Å². The van der Waals surface area contributed by atoms with Gasteiger partial charge in [-0.25, -0.2) is 9.59 Å². The molecule has 2 atom stereocenters. The molecular formula is C32H28F6N6O5S. The second-order valence-electron chi connectivity index (χ2n) is 10.9. The van der Waals surface area contributed by atoms with Gasteiger partial charge in [-0.2, -0.15) is 36.3 Å². The van der Waals surface area contributed by atoms with Crippen LogP contribution in [-0.4, -0.2) is 88.0 Å². The molecule has 0 saturated carbocycles. The summed E-state index contributed by atoms with van der Waals surface area (Å²) in [6, 6.07) is 7.62. The number of benzene rings is 2. The Bertz CT molecular complexity index is 1770. The predicted molar refractivity (Wildman–Crippen MR) is 170 cm³/mol. The summed E-state index contributed by atoms with van der Waals surface area (Å²) >= 11 is -1.55. The van der Waals surface area contributed by atoms with Gasteiger partial charge in [0.1, 0.15) is 23.5 Å². The molecular weight excluding hydrogens is 694 g/mol. The minimum Gasteiger partial charge on any atom is -0.591 e. The fourth-order valence-electron chi connectivity index (χ4n) is 5.19. The highest BCUT2D eigenvalue weighted by molar-refractivity contribution is 7.89. The Labute approximate surface area is 284 Å². The van der Waals surface area contributed by atoms with E-state index in [1.807, 2.05) is 18.0 Å². The number of nitrogens with zero attached hydrogens (tertiary/aromatic N) is 5. The molecule has 0 aromatic heterocycles. The van der Waals surface area contributed by atoms with E-state index >= 15 is 0 Å². The number of carbonyl (C=O) groups is 3. The lowest BCUT2D eigenvalue weighted by Gasteiger charge is -2.37. The van der Waals surface area contributed by atoms with Gasteiger partial charge in [0.15, 0.2) is 6.10 Å². The first-order valence-electron chi connectivity index (χ1n) is 14.8. The Hall–Kier alpha value is -5.07. The molecule has 2 aliphatic rings. The van der Waals surface area contributed by atoms with Crippen molar-refractivity contribution in [3.8, 4) is 0 Å². The number of rotatable bonds is 7. The molecule has 2 aromatic rings. The van der Waals surface area contributed by atoms with E-state index in [2.05, 4.69) is 37.2 Å². The zero-order valence-electron chi connectivity index (χ0n) is 26.2. The Balaban J connectivity index is 1.52. The maximum Gasteiger partial charge on any atom is 0.416 e. The highest BCUT2D eigenvalue weighted by atomic mass is 32.2. The molecule has 2 aromatic carbocycles. The molecule has 0 spiro atoms. The molecule has 264 valence electrons. The number of hydrogen-bond acceptors (Lipinski definition) is 7. The topological polar surface area (TPSA) is 139 Å². The second kappa shape index (κ2) is 16.6. The lowest BCUT2D eigenvalue weighted by molar-refractivity contribution is -0.143. The van der Waals surface area contributed by atoms with Gasteiger partial charge in [0.2, 0.25) is 0 Å². The molecule has 50 heavy (non-hydrogen) atoms. The van der Waals surface area contributed by atoms with Gasteiger partial charge in [-0.3, -0.25) is 4.79 Å². The van der Waals surface area contributed by atoms with Crippen LogP contribution >= 0.6 is 0 Å². The highest BCUT2D eigenvalue weighted by Crippen LogP contribution is 2.37. The maximum absolute atomic E-state index is 13.5. The molecule has 0 bridgehead atoms. The quantitative estimate of drug-likeness (QED) is 0.177. The van der Waals surface area contributed by atoms with Crippen LogP contribution in [0.3, 0.4) is 0 Å². The van der Waals surface area contributed by atoms with Gasteiger partial charge in [-0.05, 0) is 64.8 Å². The average Bonchev–Trinajstić information content (AvgIpc) is 3.22. The van der Waals surface area contributed by atoms with Crippen molar-refractivity contribution in [1.82, 2.24) is 9.80 Å². The first-order chi connectivity index (χ1) is 23.6. The van der Waals surface area contributed by atoms with E-state index in [9.17, 15) is 45.3 Å². The number of likely N-dealkylation sites (tertiary alicyclic amines) is 1. The molecule has 0 aliphatic carbocycles. The van der Waals surface area contributed by atoms with E-state index in [0.29, 0.717) is 43.6 Å². The number of ether oxygens (including phenoxy) is 1. The molecule has 1 fully saturated rings. The van der Waals surface area contributed by atoms with Crippen LogP contribution in [0.1, 0.15) is 35.1 Å². The van der Waals surface area contributed by atoms with Crippen molar-refractivity contribution in [2.24, 2.45) is 14.4 Å². The number of alkyl halides is 6. The van der Waals surface area contributed by atoms with E-state index < -0.39 is 64.9 Å². The van der Waals surface area contributed by atoms with Crippen molar-refractivity contribution in [2.45, 2.75) is 50.2 Å². The lowest BCUT2D eigenvalue weighted by atomic mass is 10.00. The van der Waals surface area contributed by atoms with Gasteiger partial charge in [-0.1, -0.05) is 18.2 Å². The molecule has 2 aliphatic heterocycles. The molecule has 11 nitrogen and oxygen atoms in total. The van der Waals surface area contributed by atoms with Crippen molar-refractivity contribution < 1.29 is 50.0 Å². The number of carbonyl (C=O) groups excluding carboxylic acids is 3. The van der Waals surface area contributed by atoms with Crippen molar-refractivity contribution in [1.29, 1.82) is 0 Å². The minimum absolute atomic E-state index is 0.0662. The summed E-state index contributed by atoms with van der Waals surface area (Å²) in [4.78, 5) is 48.9. The van der Waals surface area contributed by atoms with Crippen LogP contribution in [0.15, 0.2) is 68.8 Å². The second-order valence-corrected chi connectivity index (χ2v) is 12.0. The van der Waals surface area contributed by atoms with Crippen LogP contribution in [-0.2, 0) is 46.1 Å². The number of halogens is 6. The number of para-hydroxylation sites is 1. The van der Waals surface area contributed by atoms with Crippen LogP contribution in [0.4, 0.5) is 41.6 Å². The highest BCUT2D eigenvalue weighted by Gasteiger charge is 2.38. The summed E-state index contributed by atoms with van der Waals surface area (Å²) in [6.45, 7) is 0.588.